The highest BCUT2D eigenvalue weighted by Gasteiger charge is 2.05. The molecule has 0 unspecified atom stereocenters. The van der Waals surface area contributed by atoms with Crippen molar-refractivity contribution in [3.05, 3.63) is 69.2 Å². The molecule has 0 aliphatic rings. The molecule has 0 bridgehead atoms. The van der Waals surface area contributed by atoms with Crippen molar-refractivity contribution < 1.29 is 4.92 Å². The summed E-state index contributed by atoms with van der Waals surface area (Å²) in [5, 5.41) is 14.2. The van der Waals surface area contributed by atoms with Gasteiger partial charge in [-0.2, -0.15) is 0 Å². The number of nitrogens with zero attached hydrogens (tertiary/aromatic N) is 1. The number of rotatable bonds is 3. The molecule has 0 atom stereocenters. The van der Waals surface area contributed by atoms with Gasteiger partial charge in [0.25, 0.3) is 5.69 Å². The van der Waals surface area contributed by atoms with Gasteiger partial charge in [-0.3, -0.25) is 10.1 Å². The van der Waals surface area contributed by atoms with Gasteiger partial charge in [-0.25, -0.2) is 0 Å². The molecule has 96 valence electrons. The second kappa shape index (κ2) is 5.77. The first-order valence-corrected chi connectivity index (χ1v) is 6.16. The van der Waals surface area contributed by atoms with Crippen molar-refractivity contribution in [3.63, 3.8) is 0 Å². The van der Waals surface area contributed by atoms with E-state index in [-0.39, 0.29) is 5.69 Å². The molecule has 6 heteroatoms. The van der Waals surface area contributed by atoms with Crippen molar-refractivity contribution in [1.29, 1.82) is 0 Å². The minimum atomic E-state index is -0.443. The maximum absolute atomic E-state index is 10.5. The van der Waals surface area contributed by atoms with Crippen LogP contribution in [0.25, 0.3) is 0 Å². The van der Waals surface area contributed by atoms with Crippen LogP contribution >= 0.6 is 23.8 Å². The van der Waals surface area contributed by atoms with E-state index >= 15 is 0 Å². The molecular weight excluding hydrogens is 284 g/mol. The standard InChI is InChI=1S/C13H9ClN2O2S/c14-10-3-1-9(2-4-10)13(19)15-11-5-7-12(8-6-11)16(17)18/h1-8H,(H,15,19). The Labute approximate surface area is 120 Å². The van der Waals surface area contributed by atoms with Crippen molar-refractivity contribution in [2.45, 2.75) is 0 Å². The SMILES string of the molecule is O=[N+]([O-])c1ccc(NC(=S)c2ccc(Cl)cc2)cc1. The van der Waals surface area contributed by atoms with Crippen molar-refractivity contribution in [2.24, 2.45) is 0 Å². The van der Waals surface area contributed by atoms with Gasteiger partial charge in [0.1, 0.15) is 4.99 Å². The maximum atomic E-state index is 10.5. The smallest absolute Gasteiger partial charge is 0.269 e. The van der Waals surface area contributed by atoms with Crippen LogP contribution in [0.4, 0.5) is 11.4 Å². The molecule has 0 aliphatic carbocycles. The lowest BCUT2D eigenvalue weighted by Gasteiger charge is -2.07. The van der Waals surface area contributed by atoms with Gasteiger partial charge in [-0.15, -0.1) is 0 Å². The van der Waals surface area contributed by atoms with E-state index in [9.17, 15) is 10.1 Å². The topological polar surface area (TPSA) is 55.2 Å². The Morgan fingerprint density at radius 3 is 2.21 bits per heavy atom. The predicted octanol–water partition coefficient (Wildman–Crippen LogP) is 4.04. The third-order valence-electron chi connectivity index (χ3n) is 2.44. The molecule has 0 saturated heterocycles. The Kier molecular flexibility index (Phi) is 4.09. The summed E-state index contributed by atoms with van der Waals surface area (Å²) in [6.45, 7) is 0. The molecule has 2 aromatic rings. The number of thiocarbonyl (C=S) groups is 1. The molecule has 0 aromatic heterocycles. The number of nitro groups is 1. The van der Waals surface area contributed by atoms with Gasteiger partial charge < -0.3 is 5.32 Å². The summed E-state index contributed by atoms with van der Waals surface area (Å²) >= 11 is 11.0. The average Bonchev–Trinajstić information content (AvgIpc) is 2.40. The zero-order valence-corrected chi connectivity index (χ0v) is 11.2. The van der Waals surface area contributed by atoms with E-state index < -0.39 is 4.92 Å². The Morgan fingerprint density at radius 1 is 1.11 bits per heavy atom. The fourth-order valence-corrected chi connectivity index (χ4v) is 1.85. The molecule has 1 N–H and O–H groups in total. The third kappa shape index (κ3) is 3.49. The van der Waals surface area contributed by atoms with Crippen molar-refractivity contribution in [2.75, 3.05) is 5.32 Å². The van der Waals surface area contributed by atoms with E-state index in [0.717, 1.165) is 5.56 Å². The number of hydrogen-bond acceptors (Lipinski definition) is 3. The van der Waals surface area contributed by atoms with E-state index in [4.69, 9.17) is 23.8 Å². The van der Waals surface area contributed by atoms with Gasteiger partial charge in [0.15, 0.2) is 0 Å². The van der Waals surface area contributed by atoms with Crippen LogP contribution in [0.1, 0.15) is 5.56 Å². The highest BCUT2D eigenvalue weighted by Crippen LogP contribution is 2.17. The predicted molar refractivity (Wildman–Crippen MR) is 79.9 cm³/mol. The van der Waals surface area contributed by atoms with E-state index in [0.29, 0.717) is 15.7 Å². The summed E-state index contributed by atoms with van der Waals surface area (Å²) < 4.78 is 0. The van der Waals surface area contributed by atoms with Crippen molar-refractivity contribution in [1.82, 2.24) is 0 Å². The summed E-state index contributed by atoms with van der Waals surface area (Å²) in [5.41, 5.74) is 1.58. The number of nitro benzene ring substituents is 1. The van der Waals surface area contributed by atoms with Crippen LogP contribution in [-0.2, 0) is 0 Å². The minimum absolute atomic E-state index is 0.0444. The lowest BCUT2D eigenvalue weighted by Crippen LogP contribution is -2.10. The largest absolute Gasteiger partial charge is 0.346 e. The third-order valence-corrected chi connectivity index (χ3v) is 3.03. The van der Waals surface area contributed by atoms with Gasteiger partial charge in [0, 0.05) is 28.4 Å². The number of anilines is 1. The van der Waals surface area contributed by atoms with Gasteiger partial charge in [0.05, 0.1) is 4.92 Å². The van der Waals surface area contributed by atoms with E-state index in [2.05, 4.69) is 5.32 Å². The molecule has 0 radical (unpaired) electrons. The van der Waals surface area contributed by atoms with Crippen molar-refractivity contribution in [3.8, 4) is 0 Å². The number of halogens is 1. The summed E-state index contributed by atoms with van der Waals surface area (Å²) in [4.78, 5) is 10.6. The van der Waals surface area contributed by atoms with Crippen LogP contribution in [0.5, 0.6) is 0 Å². The summed E-state index contributed by atoms with van der Waals surface area (Å²) in [7, 11) is 0. The van der Waals surface area contributed by atoms with Gasteiger partial charge in [-0.05, 0) is 24.3 Å². The van der Waals surface area contributed by atoms with Crippen LogP contribution in [0.2, 0.25) is 5.02 Å². The molecule has 4 nitrogen and oxygen atoms in total. The molecular formula is C13H9ClN2O2S. The molecule has 2 aromatic carbocycles. The number of non-ortho nitro benzene ring substituents is 1. The lowest BCUT2D eigenvalue weighted by atomic mass is 10.2. The van der Waals surface area contributed by atoms with Gasteiger partial charge >= 0.3 is 0 Å². The van der Waals surface area contributed by atoms with Crippen LogP contribution in [0.3, 0.4) is 0 Å². The first kappa shape index (κ1) is 13.5. The van der Waals surface area contributed by atoms with Crippen molar-refractivity contribution >= 4 is 40.2 Å². The Hall–Kier alpha value is -1.98. The Balaban J connectivity index is 2.10. The molecule has 0 aliphatic heterocycles. The number of hydrogen-bond donors (Lipinski definition) is 1. The molecule has 0 fully saturated rings. The highest BCUT2D eigenvalue weighted by molar-refractivity contribution is 7.81. The Morgan fingerprint density at radius 2 is 1.68 bits per heavy atom. The molecule has 19 heavy (non-hydrogen) atoms. The molecule has 0 saturated carbocycles. The molecule has 2 rings (SSSR count). The van der Waals surface area contributed by atoms with E-state index in [1.165, 1.54) is 12.1 Å². The summed E-state index contributed by atoms with van der Waals surface area (Å²) in [6, 6.07) is 13.2. The molecule has 0 heterocycles. The normalized spacial score (nSPS) is 9.95. The first-order valence-electron chi connectivity index (χ1n) is 5.37. The summed E-state index contributed by atoms with van der Waals surface area (Å²) in [5.74, 6) is 0. The van der Waals surface area contributed by atoms with Crippen LogP contribution in [-0.4, -0.2) is 9.91 Å². The molecule has 0 amide bonds. The van der Waals surface area contributed by atoms with E-state index in [1.54, 1.807) is 24.3 Å². The van der Waals surface area contributed by atoms with E-state index in [1.807, 2.05) is 12.1 Å². The van der Waals surface area contributed by atoms with Gasteiger partial charge in [-0.1, -0.05) is 36.0 Å². The van der Waals surface area contributed by atoms with Gasteiger partial charge in [0.2, 0.25) is 0 Å². The second-order valence-electron chi connectivity index (χ2n) is 3.77. The fraction of sp³-hybridized carbons (Fsp3) is 0. The zero-order chi connectivity index (χ0) is 13.8. The second-order valence-corrected chi connectivity index (χ2v) is 4.61. The van der Waals surface area contributed by atoms with Crippen LogP contribution in [0.15, 0.2) is 48.5 Å². The average molecular weight is 293 g/mol. The highest BCUT2D eigenvalue weighted by atomic mass is 35.5. The maximum Gasteiger partial charge on any atom is 0.269 e. The quantitative estimate of drug-likeness (QED) is 0.527. The Bertz CT molecular complexity index is 612. The first-order chi connectivity index (χ1) is 9.06. The monoisotopic (exact) mass is 292 g/mol. The van der Waals surface area contributed by atoms with Crippen LogP contribution < -0.4 is 5.32 Å². The minimum Gasteiger partial charge on any atom is -0.346 e. The fourth-order valence-electron chi connectivity index (χ4n) is 1.47. The van der Waals surface area contributed by atoms with Crippen LogP contribution in [0, 0.1) is 10.1 Å². The summed E-state index contributed by atoms with van der Waals surface area (Å²) in [6.07, 6.45) is 0. The zero-order valence-electron chi connectivity index (χ0n) is 9.67. The number of nitrogens with one attached hydrogen (secondary N) is 1. The molecule has 0 spiro atoms. The number of benzene rings is 2. The lowest BCUT2D eigenvalue weighted by molar-refractivity contribution is -0.384.